The monoisotopic (exact) mass is 373 g/mol. The molecule has 1 saturated heterocycles. The van der Waals surface area contributed by atoms with Crippen LogP contribution in [0.2, 0.25) is 5.02 Å². The van der Waals surface area contributed by atoms with Crippen molar-refractivity contribution in [3.63, 3.8) is 0 Å². The summed E-state index contributed by atoms with van der Waals surface area (Å²) in [6.45, 7) is 1.12. The van der Waals surface area contributed by atoms with Crippen LogP contribution < -0.4 is 4.74 Å². The Kier molecular flexibility index (Phi) is 4.72. The molecule has 2 aromatic heterocycles. The fourth-order valence-electron chi connectivity index (χ4n) is 3.40. The minimum absolute atomic E-state index is 0.0932. The Morgan fingerprint density at radius 2 is 2.15 bits per heavy atom. The summed E-state index contributed by atoms with van der Waals surface area (Å²) in [5.41, 5.74) is -0.418. The second kappa shape index (κ2) is 7.15. The topological polar surface area (TPSA) is 52.7 Å². The number of furan rings is 1. The molecule has 0 saturated carbocycles. The molecular formula is C19H20ClN3O3. The standard InChI is InChI=1S/C19H20ClN3O3/c1-22-19(18-3-2-10-24-18,13-23-9-8-21-14-23)11-17(26-22)12-25-16-6-4-15(20)5-7-16/h2-10,14,17H,11-13H2,1H3/t17-,19?/m0/s1. The van der Waals surface area contributed by atoms with Crippen molar-refractivity contribution in [2.75, 3.05) is 13.7 Å². The number of imidazole rings is 1. The molecule has 1 fully saturated rings. The van der Waals surface area contributed by atoms with Crippen molar-refractivity contribution in [1.82, 2.24) is 14.6 Å². The maximum Gasteiger partial charge on any atom is 0.128 e. The van der Waals surface area contributed by atoms with Crippen molar-refractivity contribution < 1.29 is 14.0 Å². The van der Waals surface area contributed by atoms with Crippen LogP contribution in [-0.2, 0) is 16.9 Å². The van der Waals surface area contributed by atoms with Crippen LogP contribution in [0.3, 0.4) is 0 Å². The number of ether oxygens (including phenoxy) is 1. The molecule has 1 aromatic carbocycles. The van der Waals surface area contributed by atoms with Crippen LogP contribution in [0.15, 0.2) is 65.8 Å². The van der Waals surface area contributed by atoms with Gasteiger partial charge in [0.15, 0.2) is 0 Å². The molecule has 0 spiro atoms. The van der Waals surface area contributed by atoms with Crippen LogP contribution in [0.1, 0.15) is 12.2 Å². The first-order valence-electron chi connectivity index (χ1n) is 8.44. The molecule has 6 nitrogen and oxygen atoms in total. The van der Waals surface area contributed by atoms with Gasteiger partial charge in [-0.1, -0.05) is 11.6 Å². The molecule has 4 rings (SSSR count). The van der Waals surface area contributed by atoms with Crippen LogP contribution in [0.5, 0.6) is 5.75 Å². The first kappa shape index (κ1) is 17.1. The Balaban J connectivity index is 1.51. The molecule has 0 N–H and O–H groups in total. The van der Waals surface area contributed by atoms with Gasteiger partial charge < -0.3 is 13.7 Å². The second-order valence-electron chi connectivity index (χ2n) is 6.44. The normalized spacial score (nSPS) is 23.4. The molecule has 3 heterocycles. The van der Waals surface area contributed by atoms with Gasteiger partial charge in [-0.3, -0.25) is 4.84 Å². The van der Waals surface area contributed by atoms with Crippen molar-refractivity contribution in [1.29, 1.82) is 0 Å². The largest absolute Gasteiger partial charge is 0.491 e. The minimum Gasteiger partial charge on any atom is -0.491 e. The average Bonchev–Trinajstić information content (AvgIpc) is 3.38. The zero-order valence-electron chi connectivity index (χ0n) is 14.4. The lowest BCUT2D eigenvalue weighted by molar-refractivity contribution is -0.183. The quantitative estimate of drug-likeness (QED) is 0.658. The number of benzene rings is 1. The molecule has 26 heavy (non-hydrogen) atoms. The van der Waals surface area contributed by atoms with Crippen molar-refractivity contribution in [3.05, 3.63) is 72.2 Å². The van der Waals surface area contributed by atoms with E-state index < -0.39 is 5.54 Å². The first-order chi connectivity index (χ1) is 12.7. The molecule has 0 radical (unpaired) electrons. The smallest absolute Gasteiger partial charge is 0.128 e. The summed E-state index contributed by atoms with van der Waals surface area (Å²) in [6.07, 6.45) is 7.85. The lowest BCUT2D eigenvalue weighted by atomic mass is 9.90. The number of aromatic nitrogens is 2. The lowest BCUT2D eigenvalue weighted by Gasteiger charge is -2.32. The Morgan fingerprint density at radius 3 is 2.85 bits per heavy atom. The number of rotatable bonds is 6. The molecule has 3 aromatic rings. The number of hydroxylamine groups is 2. The molecule has 0 aliphatic carbocycles. The highest BCUT2D eigenvalue weighted by atomic mass is 35.5. The van der Waals surface area contributed by atoms with E-state index in [-0.39, 0.29) is 6.10 Å². The number of halogens is 1. The van der Waals surface area contributed by atoms with Gasteiger partial charge in [0.2, 0.25) is 0 Å². The van der Waals surface area contributed by atoms with Crippen LogP contribution in [0, 0.1) is 0 Å². The maximum atomic E-state index is 6.08. The molecule has 2 atom stereocenters. The van der Waals surface area contributed by atoms with Gasteiger partial charge in [-0.15, -0.1) is 0 Å². The van der Waals surface area contributed by atoms with Crippen molar-refractivity contribution in [3.8, 4) is 5.75 Å². The van der Waals surface area contributed by atoms with Crippen LogP contribution >= 0.6 is 11.6 Å². The third-order valence-electron chi connectivity index (χ3n) is 4.71. The van der Waals surface area contributed by atoms with E-state index in [1.807, 2.05) is 59.3 Å². The molecule has 1 aliphatic heterocycles. The average molecular weight is 374 g/mol. The third kappa shape index (κ3) is 3.35. The number of hydrogen-bond donors (Lipinski definition) is 0. The van der Waals surface area contributed by atoms with E-state index in [0.29, 0.717) is 18.2 Å². The van der Waals surface area contributed by atoms with E-state index in [0.717, 1.165) is 17.9 Å². The zero-order chi connectivity index (χ0) is 18.0. The van der Waals surface area contributed by atoms with E-state index in [9.17, 15) is 0 Å². The molecule has 0 amide bonds. The van der Waals surface area contributed by atoms with Gasteiger partial charge in [-0.2, -0.15) is 5.06 Å². The molecular weight excluding hydrogens is 354 g/mol. The van der Waals surface area contributed by atoms with Crippen molar-refractivity contribution >= 4 is 11.6 Å². The maximum absolute atomic E-state index is 6.08. The predicted octanol–water partition coefficient (Wildman–Crippen LogP) is 3.74. The van der Waals surface area contributed by atoms with E-state index in [1.165, 1.54) is 0 Å². The number of nitrogens with zero attached hydrogens (tertiary/aromatic N) is 3. The van der Waals surface area contributed by atoms with Crippen molar-refractivity contribution in [2.45, 2.75) is 24.6 Å². The molecule has 7 heteroatoms. The minimum atomic E-state index is -0.418. The van der Waals surface area contributed by atoms with Gasteiger partial charge in [0.25, 0.3) is 0 Å². The third-order valence-corrected chi connectivity index (χ3v) is 4.96. The molecule has 1 unspecified atom stereocenters. The fraction of sp³-hybridized carbons (Fsp3) is 0.316. The molecule has 1 aliphatic rings. The molecule has 136 valence electrons. The highest BCUT2D eigenvalue weighted by Gasteiger charge is 2.49. The van der Waals surface area contributed by atoms with Gasteiger partial charge >= 0.3 is 0 Å². The van der Waals surface area contributed by atoms with Gasteiger partial charge in [0.05, 0.1) is 19.1 Å². The van der Waals surface area contributed by atoms with Gasteiger partial charge in [-0.05, 0) is 36.4 Å². The summed E-state index contributed by atoms with van der Waals surface area (Å²) in [5, 5.41) is 2.56. The summed E-state index contributed by atoms with van der Waals surface area (Å²) >= 11 is 5.92. The van der Waals surface area contributed by atoms with Crippen LogP contribution in [-0.4, -0.2) is 34.4 Å². The summed E-state index contributed by atoms with van der Waals surface area (Å²) < 4.78 is 13.7. The Morgan fingerprint density at radius 1 is 1.31 bits per heavy atom. The van der Waals surface area contributed by atoms with Gasteiger partial charge in [0, 0.05) is 30.9 Å². The summed E-state index contributed by atoms with van der Waals surface area (Å²) in [7, 11) is 1.93. The SMILES string of the molecule is CN1O[C@H](COc2ccc(Cl)cc2)CC1(Cn1ccnc1)c1ccco1. The Labute approximate surface area is 156 Å². The van der Waals surface area contributed by atoms with Gasteiger partial charge in [0.1, 0.15) is 29.8 Å². The summed E-state index contributed by atoms with van der Waals surface area (Å²) in [6, 6.07) is 11.2. The van der Waals surface area contributed by atoms with E-state index in [1.54, 1.807) is 18.8 Å². The summed E-state index contributed by atoms with van der Waals surface area (Å²) in [5.74, 6) is 1.63. The predicted molar refractivity (Wildman–Crippen MR) is 96.8 cm³/mol. The Bertz CT molecular complexity index is 820. The van der Waals surface area contributed by atoms with Crippen LogP contribution in [0.25, 0.3) is 0 Å². The van der Waals surface area contributed by atoms with E-state index in [4.69, 9.17) is 25.6 Å². The second-order valence-corrected chi connectivity index (χ2v) is 6.87. The number of likely N-dealkylation sites (N-methyl/N-ethyl adjacent to an activating group) is 1. The Hall–Kier alpha value is -2.28. The van der Waals surface area contributed by atoms with Crippen LogP contribution in [0.4, 0.5) is 0 Å². The highest BCUT2D eigenvalue weighted by Crippen LogP contribution is 2.41. The first-order valence-corrected chi connectivity index (χ1v) is 8.82. The van der Waals surface area contributed by atoms with Crippen molar-refractivity contribution in [2.24, 2.45) is 0 Å². The molecule has 0 bridgehead atoms. The highest BCUT2D eigenvalue weighted by molar-refractivity contribution is 6.30. The number of hydrogen-bond acceptors (Lipinski definition) is 5. The lowest BCUT2D eigenvalue weighted by Crippen LogP contribution is -2.41. The zero-order valence-corrected chi connectivity index (χ0v) is 15.2. The van der Waals surface area contributed by atoms with E-state index >= 15 is 0 Å². The van der Waals surface area contributed by atoms with E-state index in [2.05, 4.69) is 4.98 Å². The van der Waals surface area contributed by atoms with Gasteiger partial charge in [-0.25, -0.2) is 4.98 Å². The summed E-state index contributed by atoms with van der Waals surface area (Å²) in [4.78, 5) is 10.2. The fourth-order valence-corrected chi connectivity index (χ4v) is 3.53.